The normalized spacial score (nSPS) is 18.9. The quantitative estimate of drug-likeness (QED) is 0.883. The van der Waals surface area contributed by atoms with E-state index < -0.39 is 6.10 Å². The second-order valence-corrected chi connectivity index (χ2v) is 6.73. The molecule has 2 aromatic rings. The number of anilines is 1. The van der Waals surface area contributed by atoms with Crippen LogP contribution in [-0.2, 0) is 11.2 Å². The Morgan fingerprint density at radius 3 is 3.08 bits per heavy atom. The molecule has 6 heteroatoms. The number of benzene rings is 2. The smallest absolute Gasteiger partial charge is 0.263 e. The molecule has 2 aliphatic rings. The third-order valence-electron chi connectivity index (χ3n) is 4.53. The third-order valence-corrected chi connectivity index (χ3v) is 4.75. The van der Waals surface area contributed by atoms with Gasteiger partial charge in [-0.05, 0) is 36.8 Å². The van der Waals surface area contributed by atoms with E-state index in [0.29, 0.717) is 23.9 Å². The molecule has 2 heterocycles. The summed E-state index contributed by atoms with van der Waals surface area (Å²) in [4.78, 5) is 12.6. The fraction of sp³-hybridized carbons (Fsp3) is 0.316. The fourth-order valence-electron chi connectivity index (χ4n) is 3.26. The Hall–Kier alpha value is -2.40. The maximum Gasteiger partial charge on any atom is 0.263 e. The number of rotatable bonds is 3. The Kier molecular flexibility index (Phi) is 4.17. The summed E-state index contributed by atoms with van der Waals surface area (Å²) in [5, 5.41) is 6.89. The average molecular weight is 359 g/mol. The number of ether oxygens (including phenoxy) is 2. The molecule has 0 saturated heterocycles. The van der Waals surface area contributed by atoms with Gasteiger partial charge < -0.3 is 20.1 Å². The molecular formula is C19H19ClN2O3. The van der Waals surface area contributed by atoms with Gasteiger partial charge in [0.25, 0.3) is 5.91 Å². The zero-order valence-electron chi connectivity index (χ0n) is 13.8. The summed E-state index contributed by atoms with van der Waals surface area (Å²) in [6.45, 7) is 3.01. The number of carbonyl (C=O) groups is 1. The molecule has 5 nitrogen and oxygen atoms in total. The van der Waals surface area contributed by atoms with Crippen LogP contribution in [0.5, 0.6) is 11.5 Å². The van der Waals surface area contributed by atoms with Crippen molar-refractivity contribution in [2.24, 2.45) is 0 Å². The Morgan fingerprint density at radius 2 is 2.20 bits per heavy atom. The number of hydrogen-bond acceptors (Lipinski definition) is 4. The Morgan fingerprint density at radius 1 is 1.36 bits per heavy atom. The summed E-state index contributed by atoms with van der Waals surface area (Å²) in [6.07, 6.45) is 0.265. The molecule has 130 valence electrons. The van der Waals surface area contributed by atoms with Gasteiger partial charge in [0.05, 0.1) is 24.9 Å². The Labute approximate surface area is 151 Å². The summed E-state index contributed by atoms with van der Waals surface area (Å²) in [7, 11) is 0. The molecule has 2 N–H and O–H groups in total. The minimum Gasteiger partial charge on any atom is -0.493 e. The van der Waals surface area contributed by atoms with Crippen molar-refractivity contribution in [2.75, 3.05) is 18.5 Å². The largest absolute Gasteiger partial charge is 0.493 e. The van der Waals surface area contributed by atoms with Crippen molar-refractivity contribution in [3.63, 3.8) is 0 Å². The van der Waals surface area contributed by atoms with Gasteiger partial charge in [0.2, 0.25) is 0 Å². The number of nitrogens with one attached hydrogen (secondary N) is 2. The van der Waals surface area contributed by atoms with Crippen LogP contribution >= 0.6 is 11.6 Å². The van der Waals surface area contributed by atoms with Gasteiger partial charge in [-0.15, -0.1) is 0 Å². The lowest BCUT2D eigenvalue weighted by Crippen LogP contribution is -2.45. The van der Waals surface area contributed by atoms with Crippen molar-refractivity contribution in [3.05, 3.63) is 52.5 Å². The molecular weight excluding hydrogens is 340 g/mol. The van der Waals surface area contributed by atoms with Gasteiger partial charge in [-0.25, -0.2) is 0 Å². The van der Waals surface area contributed by atoms with Crippen molar-refractivity contribution in [2.45, 2.75) is 25.5 Å². The summed E-state index contributed by atoms with van der Waals surface area (Å²) >= 11 is 6.21. The van der Waals surface area contributed by atoms with Crippen LogP contribution < -0.4 is 20.1 Å². The van der Waals surface area contributed by atoms with Gasteiger partial charge in [-0.3, -0.25) is 4.79 Å². The maximum absolute atomic E-state index is 12.6. The SMILES string of the molecule is CC(NC(=O)C1CNc2ccccc2O1)c1cc(Cl)cc2c1OCC2. The number of para-hydroxylation sites is 2. The van der Waals surface area contributed by atoms with Crippen LogP contribution in [0.25, 0.3) is 0 Å². The molecule has 0 aromatic heterocycles. The highest BCUT2D eigenvalue weighted by molar-refractivity contribution is 6.30. The molecule has 0 saturated carbocycles. The maximum atomic E-state index is 12.6. The highest BCUT2D eigenvalue weighted by atomic mass is 35.5. The molecule has 0 radical (unpaired) electrons. The zero-order valence-corrected chi connectivity index (χ0v) is 14.6. The lowest BCUT2D eigenvalue weighted by atomic mass is 10.0. The summed E-state index contributed by atoms with van der Waals surface area (Å²) in [6, 6.07) is 11.1. The molecule has 0 bridgehead atoms. The zero-order chi connectivity index (χ0) is 17.4. The van der Waals surface area contributed by atoms with Crippen molar-refractivity contribution < 1.29 is 14.3 Å². The van der Waals surface area contributed by atoms with E-state index >= 15 is 0 Å². The minimum absolute atomic E-state index is 0.166. The number of halogens is 1. The molecule has 2 atom stereocenters. The van der Waals surface area contributed by atoms with Crippen LogP contribution in [0.15, 0.2) is 36.4 Å². The average Bonchev–Trinajstić information content (AvgIpc) is 3.08. The van der Waals surface area contributed by atoms with Gasteiger partial charge >= 0.3 is 0 Å². The van der Waals surface area contributed by atoms with Crippen LogP contribution in [-0.4, -0.2) is 25.2 Å². The molecule has 4 rings (SSSR count). The number of amides is 1. The monoisotopic (exact) mass is 358 g/mol. The first-order valence-corrected chi connectivity index (χ1v) is 8.74. The third kappa shape index (κ3) is 3.12. The second kappa shape index (κ2) is 6.48. The van der Waals surface area contributed by atoms with E-state index in [4.69, 9.17) is 21.1 Å². The first-order valence-electron chi connectivity index (χ1n) is 8.37. The van der Waals surface area contributed by atoms with Crippen LogP contribution in [0.1, 0.15) is 24.1 Å². The highest BCUT2D eigenvalue weighted by Crippen LogP contribution is 2.36. The summed E-state index contributed by atoms with van der Waals surface area (Å²) in [5.74, 6) is 1.36. The van der Waals surface area contributed by atoms with E-state index in [2.05, 4.69) is 10.6 Å². The van der Waals surface area contributed by atoms with Crippen molar-refractivity contribution in [3.8, 4) is 11.5 Å². The van der Waals surface area contributed by atoms with E-state index in [1.165, 1.54) is 0 Å². The van der Waals surface area contributed by atoms with Crippen LogP contribution in [0, 0.1) is 0 Å². The van der Waals surface area contributed by atoms with Crippen molar-refractivity contribution in [1.82, 2.24) is 5.32 Å². The van der Waals surface area contributed by atoms with Crippen LogP contribution in [0.3, 0.4) is 0 Å². The van der Waals surface area contributed by atoms with Crippen LogP contribution in [0.2, 0.25) is 5.02 Å². The lowest BCUT2D eigenvalue weighted by Gasteiger charge is -2.28. The number of hydrogen-bond donors (Lipinski definition) is 2. The van der Waals surface area contributed by atoms with Crippen molar-refractivity contribution in [1.29, 1.82) is 0 Å². The Balaban J connectivity index is 1.49. The van der Waals surface area contributed by atoms with E-state index in [1.807, 2.05) is 43.3 Å². The lowest BCUT2D eigenvalue weighted by molar-refractivity contribution is -0.128. The van der Waals surface area contributed by atoms with E-state index in [1.54, 1.807) is 0 Å². The number of carbonyl (C=O) groups excluding carboxylic acids is 1. The van der Waals surface area contributed by atoms with Gasteiger partial charge in [-0.2, -0.15) is 0 Å². The predicted molar refractivity (Wildman–Crippen MR) is 96.6 cm³/mol. The fourth-order valence-corrected chi connectivity index (χ4v) is 3.51. The first kappa shape index (κ1) is 16.1. The molecule has 2 aromatic carbocycles. The van der Waals surface area contributed by atoms with Crippen molar-refractivity contribution >= 4 is 23.2 Å². The van der Waals surface area contributed by atoms with E-state index in [0.717, 1.165) is 29.0 Å². The predicted octanol–water partition coefficient (Wildman–Crippen LogP) is 3.33. The van der Waals surface area contributed by atoms with Gasteiger partial charge in [-0.1, -0.05) is 23.7 Å². The first-order chi connectivity index (χ1) is 12.1. The summed E-state index contributed by atoms with van der Waals surface area (Å²) in [5.41, 5.74) is 2.89. The Bertz CT molecular complexity index is 824. The molecule has 2 unspecified atom stereocenters. The minimum atomic E-state index is -0.578. The second-order valence-electron chi connectivity index (χ2n) is 6.30. The summed E-state index contributed by atoms with van der Waals surface area (Å²) < 4.78 is 11.5. The molecule has 0 aliphatic carbocycles. The van der Waals surface area contributed by atoms with E-state index in [9.17, 15) is 4.79 Å². The molecule has 25 heavy (non-hydrogen) atoms. The highest BCUT2D eigenvalue weighted by Gasteiger charge is 2.28. The van der Waals surface area contributed by atoms with Gasteiger partial charge in [0, 0.05) is 17.0 Å². The standard InChI is InChI=1S/C19H19ClN2O3/c1-11(14-9-13(20)8-12-6-7-24-18(12)14)22-19(23)17-10-21-15-4-2-3-5-16(15)25-17/h2-5,8-9,11,17,21H,6-7,10H2,1H3,(H,22,23). The van der Waals surface area contributed by atoms with Gasteiger partial charge in [0.1, 0.15) is 11.5 Å². The van der Waals surface area contributed by atoms with Crippen LogP contribution in [0.4, 0.5) is 5.69 Å². The molecule has 2 aliphatic heterocycles. The van der Waals surface area contributed by atoms with E-state index in [-0.39, 0.29) is 11.9 Å². The molecule has 0 fully saturated rings. The van der Waals surface area contributed by atoms with Gasteiger partial charge in [0.15, 0.2) is 6.10 Å². The number of fused-ring (bicyclic) bond motifs is 2. The molecule has 0 spiro atoms. The topological polar surface area (TPSA) is 59.6 Å². The molecule has 1 amide bonds.